The lowest BCUT2D eigenvalue weighted by Gasteiger charge is -2.47. The Morgan fingerprint density at radius 2 is 1.46 bits per heavy atom. The molecule has 102 heavy (non-hydrogen) atoms. The molecule has 0 aliphatic carbocycles. The van der Waals surface area contributed by atoms with Gasteiger partial charge in [-0.1, -0.05) is 46.1 Å². The predicted octanol–water partition coefficient (Wildman–Crippen LogP) is 4.48. The molecule has 10 rings (SSSR count). The van der Waals surface area contributed by atoms with Crippen LogP contribution in [-0.2, 0) is 102 Å². The highest BCUT2D eigenvalue weighted by atomic mass is 16.7. The summed E-state index contributed by atoms with van der Waals surface area (Å²) in [7, 11) is 3.29. The van der Waals surface area contributed by atoms with Crippen LogP contribution in [0.4, 0.5) is 15.3 Å². The number of rotatable bonds is 28. The number of alkyl carbamates (subject to hydrolysis) is 1. The summed E-state index contributed by atoms with van der Waals surface area (Å²) in [5.74, 6) is -5.30. The molecule has 1 aromatic rings. The third-order valence-corrected chi connectivity index (χ3v) is 21.0. The molecule has 9 aliphatic heterocycles. The van der Waals surface area contributed by atoms with Crippen molar-refractivity contribution in [2.45, 2.75) is 265 Å². The van der Waals surface area contributed by atoms with Crippen molar-refractivity contribution in [3.8, 4) is 0 Å². The quantitative estimate of drug-likeness (QED) is 0.0345. The van der Waals surface area contributed by atoms with Crippen molar-refractivity contribution in [2.75, 3.05) is 59.1 Å². The first-order valence-corrected chi connectivity index (χ1v) is 36.3. The molecule has 20 atom stereocenters. The second-order valence-electron chi connectivity index (χ2n) is 28.9. The Balaban J connectivity index is 0.694. The number of anilines is 1. The minimum absolute atomic E-state index is 0.00480. The fraction of sp³-hybridized carbons (Fsp3) is 0.736. The number of ether oxygens (including phenoxy) is 12. The van der Waals surface area contributed by atoms with Crippen LogP contribution in [0, 0.1) is 17.8 Å². The Kier molecular flexibility index (Phi) is 27.9. The number of ketones is 1. The highest BCUT2D eigenvalue weighted by Crippen LogP contribution is 2.50. The summed E-state index contributed by atoms with van der Waals surface area (Å²) in [6.07, 6.45) is 1.20. The van der Waals surface area contributed by atoms with Crippen molar-refractivity contribution in [3.63, 3.8) is 0 Å². The van der Waals surface area contributed by atoms with E-state index in [4.69, 9.17) is 67.4 Å². The average Bonchev–Trinajstić information content (AvgIpc) is 1.58. The number of Topliss-reactive ketones (excluding diaryl/α,β-unsaturated/α-hetero) is 1. The monoisotopic (exact) mass is 1440 g/mol. The van der Waals surface area contributed by atoms with Crippen LogP contribution in [0.3, 0.4) is 0 Å². The molecule has 9 heterocycles. The van der Waals surface area contributed by atoms with Gasteiger partial charge in [-0.15, -0.1) is 5.06 Å². The van der Waals surface area contributed by atoms with Gasteiger partial charge in [-0.2, -0.15) is 0 Å². The number of carbonyl (C=O) groups excluding carboxylic acids is 9. The molecule has 0 radical (unpaired) electrons. The number of benzene rings is 1. The number of nitrogens with one attached hydrogen (secondary N) is 5. The minimum atomic E-state index is -1.12. The smallest absolute Gasteiger partial charge is 0.407 e. The number of hydrogen-bond donors (Lipinski definition) is 7. The number of nitrogens with zero attached hydrogens (tertiary/aromatic N) is 1. The number of carbonyl (C=O) groups is 9. The molecule has 9 fully saturated rings. The summed E-state index contributed by atoms with van der Waals surface area (Å²) in [5, 5.41) is 25.4. The molecule has 0 aromatic heterocycles. The minimum Gasteiger partial charge on any atom is -0.445 e. The zero-order valence-corrected chi connectivity index (χ0v) is 59.3. The largest absolute Gasteiger partial charge is 0.445 e. The van der Waals surface area contributed by atoms with E-state index < -0.39 is 108 Å². The van der Waals surface area contributed by atoms with Gasteiger partial charge in [-0.3, -0.25) is 28.8 Å². The van der Waals surface area contributed by atoms with Gasteiger partial charge in [-0.05, 0) is 98.5 Å². The Bertz CT molecular complexity index is 3110. The lowest BCUT2D eigenvalue weighted by atomic mass is 9.81. The molecule has 8 N–H and O–H groups in total. The van der Waals surface area contributed by atoms with E-state index in [-0.39, 0.29) is 177 Å². The summed E-state index contributed by atoms with van der Waals surface area (Å²) < 4.78 is 76.7. The second-order valence-corrected chi connectivity index (χ2v) is 28.9. The Hall–Kier alpha value is -6.55. The van der Waals surface area contributed by atoms with Gasteiger partial charge >= 0.3 is 18.1 Å². The van der Waals surface area contributed by atoms with Crippen molar-refractivity contribution in [2.24, 2.45) is 23.5 Å². The van der Waals surface area contributed by atoms with E-state index in [1.54, 1.807) is 52.3 Å². The van der Waals surface area contributed by atoms with Gasteiger partial charge in [0.25, 0.3) is 11.8 Å². The Morgan fingerprint density at radius 3 is 2.19 bits per heavy atom. The van der Waals surface area contributed by atoms with Gasteiger partial charge in [0.05, 0.1) is 112 Å². The highest BCUT2D eigenvalue weighted by molar-refractivity contribution is 6.01. The molecule has 1 spiro atoms. The topological polar surface area (TPSA) is 383 Å². The lowest BCUT2D eigenvalue weighted by Crippen LogP contribution is -2.58. The number of amides is 8. The maximum absolute atomic E-state index is 14.5. The van der Waals surface area contributed by atoms with Crippen molar-refractivity contribution in [3.05, 3.63) is 54.1 Å². The number of nitrogens with two attached hydrogens (primary N) is 1. The van der Waals surface area contributed by atoms with Crippen LogP contribution in [0.2, 0.25) is 0 Å². The number of hydroxylamine groups is 2. The fourth-order valence-corrected chi connectivity index (χ4v) is 15.6. The predicted molar refractivity (Wildman–Crippen MR) is 361 cm³/mol. The molecular weight excluding hydrogens is 1330 g/mol. The summed E-state index contributed by atoms with van der Waals surface area (Å²) >= 11 is 0. The normalized spacial score (nSPS) is 32.5. The Morgan fingerprint density at radius 1 is 0.735 bits per heavy atom. The van der Waals surface area contributed by atoms with Crippen LogP contribution in [0.5, 0.6) is 0 Å². The SMILES string of the molecule is C=C1C[C@@H]2CC[C@]34C[C@@H](OC)[C@H](O3)[C@H]3C[C@@H](O4)[C@H]4OC(CC[C@@H]4O3)CC(=O)C[C@H]3C(C[C@H]4O[C@@H](CC[C@@H]1O2)C[C@@H](C)C4=C)O[C@H](C[C@H](O)CNC(=O)OCc1ccc(NC(=O)C(CCCNC(N)=O)NC(=O)[C@@H](NC(=O)CCOCCOCCC(=O)ON2C(=O)CCC2=O)C(C)C)cc1)[C@@H]3OC. The molecule has 9 aliphatic rings. The van der Waals surface area contributed by atoms with E-state index in [0.29, 0.717) is 54.8 Å². The number of hydrogen-bond acceptors (Lipinski definition) is 23. The maximum Gasteiger partial charge on any atom is 0.407 e. The summed E-state index contributed by atoms with van der Waals surface area (Å²) in [5.41, 5.74) is 8.18. The molecule has 3 unspecified atom stereocenters. The zero-order valence-electron chi connectivity index (χ0n) is 59.3. The van der Waals surface area contributed by atoms with Crippen LogP contribution >= 0.6 is 0 Å². The van der Waals surface area contributed by atoms with Gasteiger partial charge < -0.3 is 99.1 Å². The third-order valence-electron chi connectivity index (χ3n) is 21.0. The number of imide groups is 1. The number of primary amides is 1. The van der Waals surface area contributed by atoms with Gasteiger partial charge in [0.1, 0.15) is 36.7 Å². The van der Waals surface area contributed by atoms with E-state index in [0.717, 1.165) is 43.3 Å². The molecule has 9 saturated heterocycles. The number of aliphatic hydroxyl groups excluding tert-OH is 1. The number of fused-ring (bicyclic) bond motifs is 9. The third kappa shape index (κ3) is 20.9. The van der Waals surface area contributed by atoms with E-state index in [9.17, 15) is 48.3 Å². The fourth-order valence-electron chi connectivity index (χ4n) is 15.6. The molecule has 1 aromatic carbocycles. The van der Waals surface area contributed by atoms with E-state index in [2.05, 4.69) is 46.7 Å². The molecule has 0 saturated carbocycles. The molecular formula is C72H105N7O23. The molecule has 10 bridgehead atoms. The molecule has 30 heteroatoms. The van der Waals surface area contributed by atoms with Crippen LogP contribution in [0.15, 0.2) is 48.6 Å². The van der Waals surface area contributed by atoms with Crippen molar-refractivity contribution < 1.29 is 110 Å². The van der Waals surface area contributed by atoms with Crippen LogP contribution in [0.1, 0.15) is 155 Å². The number of urea groups is 1. The van der Waals surface area contributed by atoms with Crippen molar-refractivity contribution in [1.29, 1.82) is 0 Å². The van der Waals surface area contributed by atoms with E-state index in [1.165, 1.54) is 0 Å². The number of aliphatic hydroxyl groups is 1. The zero-order chi connectivity index (χ0) is 72.8. The van der Waals surface area contributed by atoms with Crippen LogP contribution in [-0.4, -0.2) is 227 Å². The van der Waals surface area contributed by atoms with Gasteiger partial charge in [0.2, 0.25) is 17.7 Å². The van der Waals surface area contributed by atoms with E-state index in [1.807, 2.05) is 0 Å². The number of methoxy groups -OCH3 is 2. The van der Waals surface area contributed by atoms with Crippen LogP contribution < -0.4 is 32.3 Å². The first kappa shape index (κ1) is 78.0. The first-order valence-electron chi connectivity index (χ1n) is 36.3. The summed E-state index contributed by atoms with van der Waals surface area (Å²) in [6, 6.07) is 3.50. The molecule has 566 valence electrons. The average molecular weight is 1440 g/mol. The standard InChI is InChI=1S/C72H105N7O23/c1-39(2)64(78-60(82)21-25-92-27-28-93-26-22-63(85)102-79-61(83)18-19-62(79)84)69(87)77-51(9-8-24-74-70(73)88)68(86)76-44-12-10-43(11-13-44)38-94-71(89)75-37-46(81)33-56-65(91-7)50-32-45(80)31-48-15-17-53-66(97-48)58-35-57(98-53)67-59(90-6)36-72(100-58,101-67)23-20-49-30-41(4)52(95-49)16-14-47-29-40(3)42(5)54(96-47)34-55(50)99-56/h10-13,39-40,46-59,64-67,81H,4-5,8-9,14-38H2,1-3,6-7H3,(H,75,89)(H,76,86)(H,77,87)(H,78,82)(H3,73,74,88)/t40-,46+,47+,48?,49+,50+,51?,52+,53+,54-,55?,56-,57-,58-,59-,64+,65-,66+,67-,72-/m1/s1. The lowest BCUT2D eigenvalue weighted by molar-refractivity contribution is -0.277. The van der Waals surface area contributed by atoms with Gasteiger partial charge in [0, 0.05) is 103 Å². The van der Waals surface area contributed by atoms with Crippen molar-refractivity contribution in [1.82, 2.24) is 26.3 Å². The van der Waals surface area contributed by atoms with Gasteiger partial charge in [0.15, 0.2) is 5.79 Å². The van der Waals surface area contributed by atoms with Crippen molar-refractivity contribution >= 4 is 59.1 Å². The Labute approximate surface area is 595 Å². The van der Waals surface area contributed by atoms with Crippen LogP contribution in [0.25, 0.3) is 0 Å². The first-order chi connectivity index (χ1) is 48.9. The maximum atomic E-state index is 14.5. The molecule has 30 nitrogen and oxygen atoms in total. The van der Waals surface area contributed by atoms with Gasteiger partial charge in [-0.25, -0.2) is 14.4 Å². The molecule has 8 amide bonds. The highest BCUT2D eigenvalue weighted by Gasteiger charge is 2.60. The van der Waals surface area contributed by atoms with E-state index >= 15 is 0 Å². The summed E-state index contributed by atoms with van der Waals surface area (Å²) in [6.45, 7) is 14.4. The second kappa shape index (κ2) is 36.4. The summed E-state index contributed by atoms with van der Waals surface area (Å²) in [4.78, 5) is 120.